The Kier molecular flexibility index (Phi) is 3.70. The predicted molar refractivity (Wildman–Crippen MR) is 74.4 cm³/mol. The molecule has 1 atom stereocenters. The molecule has 1 unspecified atom stereocenters. The van der Waals surface area contributed by atoms with Crippen LogP contribution in [0.1, 0.15) is 5.56 Å². The number of carbonyl (C=O) groups excluding carboxylic acids is 1. The van der Waals surface area contributed by atoms with Crippen LogP contribution in [0.25, 0.3) is 0 Å². The van der Waals surface area contributed by atoms with E-state index in [4.69, 9.17) is 14.6 Å². The monoisotopic (exact) mass is 312 g/mol. The molecule has 1 saturated heterocycles. The number of primary sulfonamides is 1. The van der Waals surface area contributed by atoms with Gasteiger partial charge in [-0.3, -0.25) is 4.79 Å². The number of ether oxygens (including phenoxy) is 2. The summed E-state index contributed by atoms with van der Waals surface area (Å²) in [5.41, 5.74) is 1.51. The molecular formula is C13H16N2O5S. The van der Waals surface area contributed by atoms with Crippen molar-refractivity contribution in [1.29, 1.82) is 0 Å². The standard InChI is InChI=1S/C13H16N2O5S/c14-21(17,18)10-1-2-11-9(7-10)3-4-15(11)13(16)12-8-19-5-6-20-12/h1-2,7,12H,3-6,8H2,(H2,14,17,18). The van der Waals surface area contributed by atoms with E-state index >= 15 is 0 Å². The van der Waals surface area contributed by atoms with Crippen molar-refractivity contribution < 1.29 is 22.7 Å². The van der Waals surface area contributed by atoms with Gasteiger partial charge in [-0.15, -0.1) is 0 Å². The zero-order chi connectivity index (χ0) is 15.0. The molecule has 3 rings (SSSR count). The molecule has 0 aromatic heterocycles. The largest absolute Gasteiger partial charge is 0.376 e. The first kappa shape index (κ1) is 14.5. The van der Waals surface area contributed by atoms with Crippen LogP contribution < -0.4 is 10.0 Å². The van der Waals surface area contributed by atoms with Gasteiger partial charge in [-0.25, -0.2) is 13.6 Å². The Morgan fingerprint density at radius 3 is 2.81 bits per heavy atom. The second kappa shape index (κ2) is 5.38. The van der Waals surface area contributed by atoms with Crippen LogP contribution in [0.2, 0.25) is 0 Å². The first-order valence-electron chi connectivity index (χ1n) is 6.63. The molecular weight excluding hydrogens is 296 g/mol. The smallest absolute Gasteiger partial charge is 0.258 e. The molecule has 2 aliphatic heterocycles. The molecule has 0 saturated carbocycles. The molecule has 2 heterocycles. The zero-order valence-corrected chi connectivity index (χ0v) is 12.1. The van der Waals surface area contributed by atoms with Crippen molar-refractivity contribution in [2.45, 2.75) is 17.4 Å². The van der Waals surface area contributed by atoms with Crippen molar-refractivity contribution in [2.24, 2.45) is 5.14 Å². The number of hydrogen-bond donors (Lipinski definition) is 1. The molecule has 114 valence electrons. The fourth-order valence-corrected chi connectivity index (χ4v) is 3.15. The first-order valence-corrected chi connectivity index (χ1v) is 8.18. The van der Waals surface area contributed by atoms with Crippen molar-refractivity contribution in [3.8, 4) is 0 Å². The number of nitrogens with zero attached hydrogens (tertiary/aromatic N) is 1. The van der Waals surface area contributed by atoms with Crippen LogP contribution in [0.3, 0.4) is 0 Å². The summed E-state index contributed by atoms with van der Waals surface area (Å²) in [5.74, 6) is -0.156. The number of benzene rings is 1. The van der Waals surface area contributed by atoms with E-state index in [9.17, 15) is 13.2 Å². The van der Waals surface area contributed by atoms with Gasteiger partial charge in [0.1, 0.15) is 0 Å². The molecule has 0 spiro atoms. The summed E-state index contributed by atoms with van der Waals surface area (Å²) >= 11 is 0. The Balaban J connectivity index is 1.85. The third-order valence-electron chi connectivity index (χ3n) is 3.63. The molecule has 21 heavy (non-hydrogen) atoms. The van der Waals surface area contributed by atoms with Crippen LogP contribution in [-0.4, -0.2) is 46.8 Å². The highest BCUT2D eigenvalue weighted by atomic mass is 32.2. The Bertz CT molecular complexity index is 667. The summed E-state index contributed by atoms with van der Waals surface area (Å²) in [6, 6.07) is 4.55. The minimum atomic E-state index is -3.73. The lowest BCUT2D eigenvalue weighted by Gasteiger charge is -2.27. The van der Waals surface area contributed by atoms with Gasteiger partial charge in [-0.1, -0.05) is 0 Å². The lowest BCUT2D eigenvalue weighted by atomic mass is 10.2. The van der Waals surface area contributed by atoms with Crippen LogP contribution in [-0.2, 0) is 30.7 Å². The van der Waals surface area contributed by atoms with Gasteiger partial charge in [-0.05, 0) is 30.2 Å². The average molecular weight is 312 g/mol. The summed E-state index contributed by atoms with van der Waals surface area (Å²) < 4.78 is 33.4. The lowest BCUT2D eigenvalue weighted by Crippen LogP contribution is -2.44. The van der Waals surface area contributed by atoms with Gasteiger partial charge in [0.2, 0.25) is 10.0 Å². The van der Waals surface area contributed by atoms with Crippen LogP contribution in [0.15, 0.2) is 23.1 Å². The number of anilines is 1. The van der Waals surface area contributed by atoms with E-state index in [1.54, 1.807) is 11.0 Å². The second-order valence-electron chi connectivity index (χ2n) is 5.01. The van der Waals surface area contributed by atoms with Crippen molar-refractivity contribution >= 4 is 21.6 Å². The third-order valence-corrected chi connectivity index (χ3v) is 4.54. The first-order chi connectivity index (χ1) is 9.97. The van der Waals surface area contributed by atoms with Crippen molar-refractivity contribution in [1.82, 2.24) is 0 Å². The molecule has 2 N–H and O–H groups in total. The topological polar surface area (TPSA) is 98.9 Å². The maximum absolute atomic E-state index is 12.4. The summed E-state index contributed by atoms with van der Waals surface area (Å²) in [6.07, 6.45) is 0.000450. The summed E-state index contributed by atoms with van der Waals surface area (Å²) in [5, 5.41) is 5.12. The normalized spacial score (nSPS) is 22.1. The van der Waals surface area contributed by atoms with Gasteiger partial charge >= 0.3 is 0 Å². The van der Waals surface area contributed by atoms with Gasteiger partial charge in [0, 0.05) is 12.2 Å². The molecule has 7 nitrogen and oxygen atoms in total. The summed E-state index contributed by atoms with van der Waals surface area (Å²) in [4.78, 5) is 14.1. The second-order valence-corrected chi connectivity index (χ2v) is 6.57. The molecule has 1 fully saturated rings. The fraction of sp³-hybridized carbons (Fsp3) is 0.462. The number of sulfonamides is 1. The average Bonchev–Trinajstić information content (AvgIpc) is 2.89. The van der Waals surface area contributed by atoms with Crippen LogP contribution in [0.4, 0.5) is 5.69 Å². The molecule has 8 heteroatoms. The third kappa shape index (κ3) is 2.80. The number of fused-ring (bicyclic) bond motifs is 1. The molecule has 1 amide bonds. The molecule has 0 bridgehead atoms. The Morgan fingerprint density at radius 2 is 2.14 bits per heavy atom. The molecule has 1 aromatic carbocycles. The molecule has 1 aromatic rings. The van der Waals surface area contributed by atoms with Gasteiger partial charge in [0.15, 0.2) is 6.10 Å². The lowest BCUT2D eigenvalue weighted by molar-refractivity contribution is -0.144. The van der Waals surface area contributed by atoms with E-state index in [1.165, 1.54) is 12.1 Å². The van der Waals surface area contributed by atoms with Gasteiger partial charge in [-0.2, -0.15) is 0 Å². The predicted octanol–water partition coefficient (Wildman–Crippen LogP) is -0.361. The minimum Gasteiger partial charge on any atom is -0.376 e. The maximum atomic E-state index is 12.4. The van der Waals surface area contributed by atoms with Gasteiger partial charge in [0.05, 0.1) is 24.7 Å². The molecule has 2 aliphatic rings. The number of nitrogens with two attached hydrogens (primary N) is 1. The fourth-order valence-electron chi connectivity index (χ4n) is 2.59. The van der Waals surface area contributed by atoms with Crippen LogP contribution >= 0.6 is 0 Å². The Morgan fingerprint density at radius 1 is 1.33 bits per heavy atom. The Hall–Kier alpha value is -1.48. The Labute approximate surface area is 122 Å². The SMILES string of the molecule is NS(=O)(=O)c1ccc2c(c1)CCN2C(=O)C1COCCO1. The van der Waals surface area contributed by atoms with Gasteiger partial charge in [0.25, 0.3) is 5.91 Å². The van der Waals surface area contributed by atoms with E-state index < -0.39 is 16.1 Å². The number of amides is 1. The van der Waals surface area contributed by atoms with Gasteiger partial charge < -0.3 is 14.4 Å². The van der Waals surface area contributed by atoms with E-state index in [-0.39, 0.29) is 17.4 Å². The number of hydrogen-bond acceptors (Lipinski definition) is 5. The van der Waals surface area contributed by atoms with E-state index in [0.717, 1.165) is 5.56 Å². The highest BCUT2D eigenvalue weighted by Gasteiger charge is 2.32. The molecule has 0 radical (unpaired) electrons. The van der Waals surface area contributed by atoms with E-state index in [0.29, 0.717) is 31.9 Å². The summed E-state index contributed by atoms with van der Waals surface area (Å²) in [7, 11) is -3.73. The van der Waals surface area contributed by atoms with E-state index in [1.807, 2.05) is 0 Å². The van der Waals surface area contributed by atoms with E-state index in [2.05, 4.69) is 0 Å². The van der Waals surface area contributed by atoms with Crippen molar-refractivity contribution in [2.75, 3.05) is 31.3 Å². The van der Waals surface area contributed by atoms with Crippen LogP contribution in [0, 0.1) is 0 Å². The van der Waals surface area contributed by atoms with Crippen molar-refractivity contribution in [3.63, 3.8) is 0 Å². The quantitative estimate of drug-likeness (QED) is 0.804. The maximum Gasteiger partial charge on any atom is 0.258 e. The van der Waals surface area contributed by atoms with Crippen LogP contribution in [0.5, 0.6) is 0 Å². The highest BCUT2D eigenvalue weighted by Crippen LogP contribution is 2.30. The summed E-state index contributed by atoms with van der Waals surface area (Å²) in [6.45, 7) is 1.65. The number of carbonyl (C=O) groups is 1. The minimum absolute atomic E-state index is 0.0628. The highest BCUT2D eigenvalue weighted by molar-refractivity contribution is 7.89. The number of rotatable bonds is 2. The van der Waals surface area contributed by atoms with Crippen molar-refractivity contribution in [3.05, 3.63) is 23.8 Å². The molecule has 0 aliphatic carbocycles. The zero-order valence-electron chi connectivity index (χ0n) is 11.3.